The zero-order valence-corrected chi connectivity index (χ0v) is 16.9. The van der Waals surface area contributed by atoms with Gasteiger partial charge in [0.25, 0.3) is 0 Å². The number of nitrogens with zero attached hydrogens (tertiary/aromatic N) is 4. The van der Waals surface area contributed by atoms with Crippen molar-refractivity contribution in [2.45, 2.75) is 51.7 Å². The molecule has 0 bridgehead atoms. The average molecular weight is 397 g/mol. The second-order valence-corrected chi connectivity index (χ2v) is 8.50. The molecule has 2 aromatic heterocycles. The van der Waals surface area contributed by atoms with Crippen LogP contribution in [0.1, 0.15) is 50.4 Å². The van der Waals surface area contributed by atoms with Gasteiger partial charge in [-0.25, -0.2) is 15.0 Å². The maximum Gasteiger partial charge on any atom is 0.246 e. The zero-order chi connectivity index (χ0) is 20.3. The summed E-state index contributed by atoms with van der Waals surface area (Å²) < 4.78 is 11.1. The van der Waals surface area contributed by atoms with Gasteiger partial charge in [-0.05, 0) is 31.1 Å². The van der Waals surface area contributed by atoms with E-state index in [1.165, 1.54) is 0 Å². The Morgan fingerprint density at radius 1 is 1.31 bits per heavy atom. The van der Waals surface area contributed by atoms with E-state index >= 15 is 0 Å². The standard InChI is InChI=1S/C21H27N5O3/c1-21(2)8-16(25-19(27)13-28-12-14-4-3-7-29-14)15-10-24-20(26-17(15)9-21)18-11-22-5-6-23-18/h5-6,10-11,14,16H,3-4,7-9,12-13H2,1-2H3,(H,25,27)/t14-,16-/m0/s1. The molecule has 0 saturated carbocycles. The maximum absolute atomic E-state index is 12.5. The maximum atomic E-state index is 12.5. The Morgan fingerprint density at radius 2 is 2.21 bits per heavy atom. The van der Waals surface area contributed by atoms with Crippen LogP contribution in [0, 0.1) is 5.41 Å². The Hall–Kier alpha value is -2.45. The normalized spacial score (nSPS) is 22.8. The third kappa shape index (κ3) is 4.94. The summed E-state index contributed by atoms with van der Waals surface area (Å²) in [7, 11) is 0. The van der Waals surface area contributed by atoms with Crippen molar-refractivity contribution >= 4 is 5.91 Å². The number of fused-ring (bicyclic) bond motifs is 1. The van der Waals surface area contributed by atoms with Gasteiger partial charge < -0.3 is 14.8 Å². The van der Waals surface area contributed by atoms with E-state index in [0.29, 0.717) is 18.1 Å². The highest BCUT2D eigenvalue weighted by Gasteiger charge is 2.34. The van der Waals surface area contributed by atoms with Gasteiger partial charge in [-0.3, -0.25) is 9.78 Å². The highest BCUT2D eigenvalue weighted by atomic mass is 16.5. The molecule has 4 rings (SSSR count). The second kappa shape index (κ2) is 8.51. The number of ether oxygens (including phenoxy) is 2. The lowest BCUT2D eigenvalue weighted by atomic mass is 9.74. The van der Waals surface area contributed by atoms with Crippen LogP contribution < -0.4 is 5.32 Å². The molecule has 0 radical (unpaired) electrons. The Kier molecular flexibility index (Phi) is 5.82. The summed E-state index contributed by atoms with van der Waals surface area (Å²) >= 11 is 0. The Morgan fingerprint density at radius 3 is 2.97 bits per heavy atom. The topological polar surface area (TPSA) is 99.1 Å². The Labute approximate surface area is 170 Å². The van der Waals surface area contributed by atoms with Crippen LogP contribution in [0.4, 0.5) is 0 Å². The third-order valence-electron chi connectivity index (χ3n) is 5.37. The van der Waals surface area contributed by atoms with Crippen LogP contribution in [0.5, 0.6) is 0 Å². The van der Waals surface area contributed by atoms with Crippen molar-refractivity contribution in [2.75, 3.05) is 19.8 Å². The summed E-state index contributed by atoms with van der Waals surface area (Å²) in [6.45, 7) is 5.65. The molecule has 1 fully saturated rings. The largest absolute Gasteiger partial charge is 0.376 e. The van der Waals surface area contributed by atoms with Crippen molar-refractivity contribution in [1.29, 1.82) is 0 Å². The van der Waals surface area contributed by atoms with Gasteiger partial charge in [-0.2, -0.15) is 0 Å². The molecule has 8 heteroatoms. The molecule has 1 N–H and O–H groups in total. The lowest BCUT2D eigenvalue weighted by Gasteiger charge is -2.36. The molecular formula is C21H27N5O3. The van der Waals surface area contributed by atoms with Crippen molar-refractivity contribution < 1.29 is 14.3 Å². The zero-order valence-electron chi connectivity index (χ0n) is 16.9. The number of hydrogen-bond donors (Lipinski definition) is 1. The van der Waals surface area contributed by atoms with Gasteiger partial charge in [0.15, 0.2) is 5.82 Å². The number of aromatic nitrogens is 4. The van der Waals surface area contributed by atoms with Gasteiger partial charge in [0, 0.05) is 30.8 Å². The van der Waals surface area contributed by atoms with E-state index in [1.54, 1.807) is 24.8 Å². The van der Waals surface area contributed by atoms with E-state index in [1.807, 2.05) is 0 Å². The van der Waals surface area contributed by atoms with Gasteiger partial charge in [0.1, 0.15) is 12.3 Å². The fourth-order valence-corrected chi connectivity index (χ4v) is 4.01. The van der Waals surface area contributed by atoms with Crippen LogP contribution in [0.3, 0.4) is 0 Å². The van der Waals surface area contributed by atoms with E-state index < -0.39 is 0 Å². The van der Waals surface area contributed by atoms with Crippen LogP contribution >= 0.6 is 0 Å². The molecule has 0 unspecified atom stereocenters. The lowest BCUT2D eigenvalue weighted by Crippen LogP contribution is -2.39. The monoisotopic (exact) mass is 397 g/mol. The predicted octanol–water partition coefficient (Wildman–Crippen LogP) is 2.26. The Bertz CT molecular complexity index is 853. The van der Waals surface area contributed by atoms with Gasteiger partial charge in [-0.1, -0.05) is 13.8 Å². The van der Waals surface area contributed by atoms with Gasteiger partial charge in [0.2, 0.25) is 5.91 Å². The lowest BCUT2D eigenvalue weighted by molar-refractivity contribution is -0.127. The summed E-state index contributed by atoms with van der Waals surface area (Å²) in [5.74, 6) is 0.425. The first-order valence-electron chi connectivity index (χ1n) is 10.1. The van der Waals surface area contributed by atoms with Crippen LogP contribution in [0.15, 0.2) is 24.8 Å². The molecule has 8 nitrogen and oxygen atoms in total. The summed E-state index contributed by atoms with van der Waals surface area (Å²) in [4.78, 5) is 30.0. The predicted molar refractivity (Wildman–Crippen MR) is 106 cm³/mol. The number of nitrogens with one attached hydrogen (secondary N) is 1. The second-order valence-electron chi connectivity index (χ2n) is 8.50. The highest BCUT2D eigenvalue weighted by molar-refractivity contribution is 5.77. The fourth-order valence-electron chi connectivity index (χ4n) is 4.01. The smallest absolute Gasteiger partial charge is 0.246 e. The van der Waals surface area contributed by atoms with E-state index in [-0.39, 0.29) is 30.1 Å². The van der Waals surface area contributed by atoms with Crippen molar-refractivity contribution in [3.05, 3.63) is 36.0 Å². The molecule has 1 aliphatic heterocycles. The first-order chi connectivity index (χ1) is 14.0. The summed E-state index contributed by atoms with van der Waals surface area (Å²) in [6, 6.07) is -0.136. The SMILES string of the molecule is CC1(C)Cc2nc(-c3cnccn3)ncc2[C@@H](NC(=O)COC[C@@H]2CCCO2)C1. The first kappa shape index (κ1) is 19.8. The molecule has 0 spiro atoms. The van der Waals surface area contributed by atoms with Crippen molar-refractivity contribution in [1.82, 2.24) is 25.3 Å². The minimum absolute atomic E-state index is 0.0114. The van der Waals surface area contributed by atoms with Gasteiger partial charge in [-0.15, -0.1) is 0 Å². The van der Waals surface area contributed by atoms with Crippen LogP contribution in [-0.2, 0) is 20.7 Å². The van der Waals surface area contributed by atoms with E-state index in [0.717, 1.165) is 43.5 Å². The molecule has 2 atom stereocenters. The molecule has 1 amide bonds. The third-order valence-corrected chi connectivity index (χ3v) is 5.37. The summed E-state index contributed by atoms with van der Waals surface area (Å²) in [5, 5.41) is 3.10. The molecule has 154 valence electrons. The molecule has 3 heterocycles. The molecule has 0 aromatic carbocycles. The quantitative estimate of drug-likeness (QED) is 0.798. The van der Waals surface area contributed by atoms with Gasteiger partial charge >= 0.3 is 0 Å². The van der Waals surface area contributed by atoms with Crippen LogP contribution in [-0.4, -0.2) is 51.8 Å². The molecular weight excluding hydrogens is 370 g/mol. The van der Waals surface area contributed by atoms with E-state index in [4.69, 9.17) is 14.5 Å². The van der Waals surface area contributed by atoms with Crippen molar-refractivity contribution in [3.63, 3.8) is 0 Å². The molecule has 2 aromatic rings. The van der Waals surface area contributed by atoms with Crippen LogP contribution in [0.25, 0.3) is 11.5 Å². The number of carbonyl (C=O) groups excluding carboxylic acids is 1. The highest BCUT2D eigenvalue weighted by Crippen LogP contribution is 2.40. The number of hydrogen-bond acceptors (Lipinski definition) is 7. The van der Waals surface area contributed by atoms with E-state index in [9.17, 15) is 4.79 Å². The molecule has 29 heavy (non-hydrogen) atoms. The van der Waals surface area contributed by atoms with Crippen LogP contribution in [0.2, 0.25) is 0 Å². The summed E-state index contributed by atoms with van der Waals surface area (Å²) in [6.07, 6.45) is 10.5. The summed E-state index contributed by atoms with van der Waals surface area (Å²) in [5.41, 5.74) is 2.56. The van der Waals surface area contributed by atoms with Gasteiger partial charge in [0.05, 0.1) is 30.6 Å². The number of amides is 1. The first-order valence-corrected chi connectivity index (χ1v) is 10.1. The minimum Gasteiger partial charge on any atom is -0.376 e. The van der Waals surface area contributed by atoms with E-state index in [2.05, 4.69) is 34.1 Å². The fraction of sp³-hybridized carbons (Fsp3) is 0.571. The molecule has 2 aliphatic rings. The average Bonchev–Trinajstić information content (AvgIpc) is 3.21. The number of rotatable bonds is 6. The number of carbonyl (C=O) groups is 1. The van der Waals surface area contributed by atoms with Crippen molar-refractivity contribution in [3.8, 4) is 11.5 Å². The molecule has 1 saturated heterocycles. The van der Waals surface area contributed by atoms with Crippen molar-refractivity contribution in [2.24, 2.45) is 5.41 Å². The Balaban J connectivity index is 1.44. The minimum atomic E-state index is -0.136. The molecule has 1 aliphatic carbocycles.